The first kappa shape index (κ1) is 82.7. The molecule has 3 aliphatic heterocycles. The number of ether oxygens (including phenoxy) is 8. The fourth-order valence-corrected chi connectivity index (χ4v) is 16.9. The molecule has 3 aromatic rings. The molecule has 0 bridgehead atoms. The molecule has 7 aliphatic rings. The number of nitrogens with one attached hydrogen (secondary N) is 6. The number of para-hydroxylation sites is 1. The van der Waals surface area contributed by atoms with Crippen LogP contribution in [0.5, 0.6) is 0 Å². The van der Waals surface area contributed by atoms with Crippen LogP contribution in [0.2, 0.25) is 0 Å². The Bertz CT molecular complexity index is 3830. The van der Waals surface area contributed by atoms with Crippen LogP contribution in [0.15, 0.2) is 96.6 Å². The Kier molecular flexibility index (Phi) is 29.4. The summed E-state index contributed by atoms with van der Waals surface area (Å²) in [6.45, 7) is 14.0. The number of hydrogen-bond donors (Lipinski definition) is 8. The number of carbonyl (C=O) groups excluding carboxylic acids is 10. The van der Waals surface area contributed by atoms with Gasteiger partial charge in [0, 0.05) is 66.9 Å². The molecule has 12 atom stereocenters. The lowest BCUT2D eigenvalue weighted by atomic mass is 9.46. The number of amides is 9. The van der Waals surface area contributed by atoms with Gasteiger partial charge in [-0.25, -0.2) is 9.59 Å². The van der Waals surface area contributed by atoms with Gasteiger partial charge < -0.3 is 90.4 Å². The lowest BCUT2D eigenvalue weighted by Gasteiger charge is -2.59. The first-order valence-electron chi connectivity index (χ1n) is 38.5. The number of rotatable bonds is 38. The highest BCUT2D eigenvalue weighted by Gasteiger charge is 2.76. The van der Waals surface area contributed by atoms with Crippen LogP contribution in [-0.4, -0.2) is 197 Å². The van der Waals surface area contributed by atoms with E-state index < -0.39 is 88.8 Å². The van der Waals surface area contributed by atoms with E-state index in [2.05, 4.69) is 51.8 Å². The SMILES string of the molecule is CCCC1O[C@@H]2C[C@H]3[C@@H]4CCC5=CC(=O)C=C[C@]5(C)[C@H]4[C@@H](O)C[C@]3(C)[C@]2(C(=O)COCN2CCCC(NC(=O)OCc3ccc(NC(=O)[C@H](CCCNC(N)=O)NC(=O)[C@@H](NC(=O)CCOCCOCCOCCOCCNC(=O)CCC(=O)N4Cc5ccccc5/C=C(/C)c5ccccc54)C(C)C)cc3)C2=O)O1. The molecular weight excluding hydrogens is 1400 g/mol. The van der Waals surface area contributed by atoms with E-state index in [9.17, 15) is 53.1 Å². The Morgan fingerprint density at radius 3 is 2.23 bits per heavy atom. The molecule has 28 nitrogen and oxygen atoms in total. The zero-order valence-corrected chi connectivity index (χ0v) is 63.6. The Morgan fingerprint density at radius 1 is 0.780 bits per heavy atom. The molecule has 2 saturated heterocycles. The van der Waals surface area contributed by atoms with Crippen molar-refractivity contribution in [2.24, 2.45) is 40.2 Å². The fraction of sp³-hybridized carbons (Fsp3) is 0.580. The zero-order valence-electron chi connectivity index (χ0n) is 63.6. The van der Waals surface area contributed by atoms with Crippen molar-refractivity contribution in [2.75, 3.05) is 96.0 Å². The number of Topliss-reactive ketones (excluding diaryl/α,β-unsaturated/α-hetero) is 1. The first-order chi connectivity index (χ1) is 52.4. The Hall–Kier alpha value is -8.74. The molecular formula is C81H109N9O19. The predicted octanol–water partition coefficient (Wildman–Crippen LogP) is 7.09. The average Bonchev–Trinajstić information content (AvgIpc) is 1.53. The number of allylic oxidation sites excluding steroid dienone is 5. The normalized spacial score (nSPS) is 25.6. The summed E-state index contributed by atoms with van der Waals surface area (Å²) in [4.78, 5) is 136. The lowest BCUT2D eigenvalue weighted by Crippen LogP contribution is -2.63. The van der Waals surface area contributed by atoms with E-state index in [1.165, 1.54) is 4.90 Å². The van der Waals surface area contributed by atoms with Crippen LogP contribution in [0.1, 0.15) is 147 Å². The fourth-order valence-electron chi connectivity index (χ4n) is 16.9. The number of urea groups is 1. The molecule has 0 radical (unpaired) electrons. The Balaban J connectivity index is 0.585. The summed E-state index contributed by atoms with van der Waals surface area (Å²) in [5.41, 5.74) is 9.47. The van der Waals surface area contributed by atoms with Gasteiger partial charge in [0.2, 0.25) is 35.4 Å². The maximum Gasteiger partial charge on any atom is 0.408 e. The highest BCUT2D eigenvalue weighted by Crippen LogP contribution is 2.70. The highest BCUT2D eigenvalue weighted by molar-refractivity contribution is 6.02. The van der Waals surface area contributed by atoms with Gasteiger partial charge in [-0.15, -0.1) is 0 Å². The third-order valence-electron chi connectivity index (χ3n) is 22.4. The molecule has 4 aliphatic carbocycles. The number of aliphatic hydroxyl groups is 1. The summed E-state index contributed by atoms with van der Waals surface area (Å²) in [7, 11) is 0. The van der Waals surface area contributed by atoms with E-state index in [4.69, 9.17) is 43.6 Å². The standard InChI is InChI=1S/C81H109N9O19/c1-7-14-71-108-67-45-61-60-26-23-56-44-58(91)29-31-79(56,5)72(60)65(92)46-80(61,6)81(67,109-71)66(93)49-106-50-89-34-13-19-63(76(89)99)87-78(101)107-48-53-21-24-57(25-22-53)85-74(97)62(18-12-32-84-77(82)100)86-75(98)73(51(2)3)88-69(95)30-35-102-37-39-104-41-42-105-40-38-103-36-33-83-68(94)27-28-70(96)90-47-55-16-9-8-15-54(55)43-52(4)59-17-10-11-20-64(59)90/h8-11,15-17,20-22,24-25,29,31,43-44,51,60-63,65,67,71-73,92H,7,12-14,18-19,23,26-28,30,32-42,45-50H2,1-6H3,(H,83,94)(H,85,97)(H,86,98)(H,87,101)(H,88,95)(H3,82,84,100)/b52-43-/t60-,61-,62-,63?,65-,67+,71?,72+,73-,79-,80-,81+/m0/s1. The molecule has 3 saturated carbocycles. The number of primary amides is 1. The summed E-state index contributed by atoms with van der Waals surface area (Å²) in [6, 6.07) is 18.4. The number of piperidine rings is 1. The number of aliphatic hydroxyl groups excluding tert-OH is 1. The molecule has 28 heteroatoms. The van der Waals surface area contributed by atoms with Gasteiger partial charge in [0.25, 0.3) is 0 Å². The summed E-state index contributed by atoms with van der Waals surface area (Å²) >= 11 is 0. The summed E-state index contributed by atoms with van der Waals surface area (Å²) in [6.07, 6.45) is 9.64. The Labute approximate surface area is 637 Å². The number of anilines is 2. The molecule has 3 aromatic carbocycles. The van der Waals surface area contributed by atoms with E-state index in [0.717, 1.165) is 52.8 Å². The van der Waals surface area contributed by atoms with E-state index in [1.54, 1.807) is 55.2 Å². The van der Waals surface area contributed by atoms with Crippen LogP contribution in [0.25, 0.3) is 11.6 Å². The maximum atomic E-state index is 14.8. The van der Waals surface area contributed by atoms with Gasteiger partial charge in [0.05, 0.1) is 77.3 Å². The number of likely N-dealkylation sites (tertiary alicyclic amines) is 1. The zero-order chi connectivity index (χ0) is 77.8. The van der Waals surface area contributed by atoms with Gasteiger partial charge in [0.15, 0.2) is 23.5 Å². The van der Waals surface area contributed by atoms with Crippen molar-refractivity contribution in [3.63, 3.8) is 0 Å². The summed E-state index contributed by atoms with van der Waals surface area (Å²) in [5, 5.41) is 28.4. The third kappa shape index (κ3) is 20.6. The quantitative estimate of drug-likeness (QED) is 0.0265. The van der Waals surface area contributed by atoms with Crippen LogP contribution in [0.4, 0.5) is 21.0 Å². The molecule has 3 heterocycles. The van der Waals surface area contributed by atoms with Crippen molar-refractivity contribution >= 4 is 82.2 Å². The van der Waals surface area contributed by atoms with Crippen molar-refractivity contribution in [3.8, 4) is 0 Å². The maximum absolute atomic E-state index is 14.8. The molecule has 592 valence electrons. The average molecular weight is 1510 g/mol. The van der Waals surface area contributed by atoms with Gasteiger partial charge in [0.1, 0.15) is 38.1 Å². The van der Waals surface area contributed by atoms with Gasteiger partial charge in [-0.3, -0.25) is 38.4 Å². The number of benzene rings is 3. The second-order valence-corrected chi connectivity index (χ2v) is 30.1. The van der Waals surface area contributed by atoms with Crippen molar-refractivity contribution in [3.05, 3.63) is 119 Å². The van der Waals surface area contributed by atoms with Gasteiger partial charge >= 0.3 is 12.1 Å². The monoisotopic (exact) mass is 1510 g/mol. The molecule has 5 fully saturated rings. The van der Waals surface area contributed by atoms with Crippen LogP contribution < -0.4 is 42.5 Å². The summed E-state index contributed by atoms with van der Waals surface area (Å²) in [5.74, 6) is -3.26. The highest BCUT2D eigenvalue weighted by atomic mass is 16.7. The van der Waals surface area contributed by atoms with Crippen LogP contribution >= 0.6 is 0 Å². The molecule has 109 heavy (non-hydrogen) atoms. The second kappa shape index (κ2) is 38.8. The first-order valence-corrected chi connectivity index (χ1v) is 38.5. The Morgan fingerprint density at radius 2 is 1.50 bits per heavy atom. The molecule has 9 amide bonds. The number of nitrogens with zero attached hydrogens (tertiary/aromatic N) is 2. The smallest absolute Gasteiger partial charge is 0.408 e. The molecule has 10 rings (SSSR count). The predicted molar refractivity (Wildman–Crippen MR) is 403 cm³/mol. The van der Waals surface area contributed by atoms with E-state index in [1.807, 2.05) is 68.5 Å². The van der Waals surface area contributed by atoms with Gasteiger partial charge in [-0.05, 0) is 135 Å². The minimum atomic E-state index is -1.39. The van der Waals surface area contributed by atoms with Gasteiger partial charge in [-0.2, -0.15) is 0 Å². The van der Waals surface area contributed by atoms with E-state index >= 15 is 0 Å². The van der Waals surface area contributed by atoms with Crippen molar-refractivity contribution < 1.29 is 90.9 Å². The minimum absolute atomic E-state index is 0.0120. The number of hydrogen-bond acceptors (Lipinski definition) is 19. The molecule has 2 unspecified atom stereocenters. The van der Waals surface area contributed by atoms with Gasteiger partial charge in [-0.1, -0.05) is 113 Å². The third-order valence-corrected chi connectivity index (χ3v) is 22.4. The van der Waals surface area contributed by atoms with Crippen molar-refractivity contribution in [1.82, 2.24) is 31.5 Å². The number of fused-ring (bicyclic) bond motifs is 9. The van der Waals surface area contributed by atoms with E-state index in [0.29, 0.717) is 76.3 Å². The van der Waals surface area contributed by atoms with Crippen LogP contribution in [-0.2, 0) is 89.4 Å². The topological polar surface area (TPSA) is 369 Å². The number of alkyl carbamates (subject to hydrolysis) is 1. The van der Waals surface area contributed by atoms with E-state index in [-0.39, 0.29) is 145 Å². The number of carbonyl (C=O) groups is 10. The van der Waals surface area contributed by atoms with Crippen LogP contribution in [0, 0.1) is 34.5 Å². The molecule has 0 spiro atoms. The number of ketones is 2. The summed E-state index contributed by atoms with van der Waals surface area (Å²) < 4.78 is 47.3. The minimum Gasteiger partial charge on any atom is -0.445 e. The van der Waals surface area contributed by atoms with Crippen LogP contribution in [0.3, 0.4) is 0 Å². The molecule has 9 N–H and O–H groups in total. The lowest BCUT2D eigenvalue weighted by molar-refractivity contribution is -0.202. The van der Waals surface area contributed by atoms with Crippen molar-refractivity contribution in [1.29, 1.82) is 0 Å². The number of nitrogens with two attached hydrogens (primary N) is 1. The second-order valence-electron chi connectivity index (χ2n) is 30.1. The van der Waals surface area contributed by atoms with Crippen molar-refractivity contribution in [2.45, 2.75) is 180 Å². The molecule has 0 aromatic heterocycles. The largest absolute Gasteiger partial charge is 0.445 e.